The molecular formula is C20H20F2N4O2. The second kappa shape index (κ2) is 8.51. The van der Waals surface area contributed by atoms with E-state index in [0.29, 0.717) is 41.2 Å². The monoisotopic (exact) mass is 386 g/mol. The smallest absolute Gasteiger partial charge is 0.161 e. The number of anilines is 3. The van der Waals surface area contributed by atoms with Gasteiger partial charge in [-0.25, -0.2) is 18.7 Å². The van der Waals surface area contributed by atoms with Crippen molar-refractivity contribution in [3.8, 4) is 11.5 Å². The van der Waals surface area contributed by atoms with Crippen LogP contribution < -0.4 is 20.1 Å². The Morgan fingerprint density at radius 2 is 1.61 bits per heavy atom. The molecular weight excluding hydrogens is 366 g/mol. The molecule has 3 aromatic rings. The summed E-state index contributed by atoms with van der Waals surface area (Å²) in [7, 11) is 3.17. The minimum atomic E-state index is -0.928. The maximum atomic E-state index is 13.4. The van der Waals surface area contributed by atoms with Crippen LogP contribution in [-0.4, -0.2) is 24.2 Å². The lowest BCUT2D eigenvalue weighted by Crippen LogP contribution is -2.05. The molecule has 0 amide bonds. The lowest BCUT2D eigenvalue weighted by atomic mass is 10.2. The van der Waals surface area contributed by atoms with E-state index in [1.54, 1.807) is 27.2 Å². The van der Waals surface area contributed by atoms with Crippen molar-refractivity contribution in [3.63, 3.8) is 0 Å². The molecule has 2 aromatic carbocycles. The standard InChI is InChI=1S/C20H20F2N4O2/c1-12-24-19(23-11-13-4-7-17(27-2)18(8-13)28-3)10-20(25-12)26-14-5-6-15(21)16(22)9-14/h4-10H,11H2,1-3H3,(H2,23,24,25,26). The molecule has 1 aromatic heterocycles. The van der Waals surface area contributed by atoms with Gasteiger partial charge in [-0.05, 0) is 36.8 Å². The Kier molecular flexibility index (Phi) is 5.88. The van der Waals surface area contributed by atoms with Gasteiger partial charge in [-0.15, -0.1) is 0 Å². The van der Waals surface area contributed by atoms with Gasteiger partial charge in [0, 0.05) is 24.4 Å². The molecule has 0 bridgehead atoms. The summed E-state index contributed by atoms with van der Waals surface area (Å²) in [5.74, 6) is 1.05. The fourth-order valence-corrected chi connectivity index (χ4v) is 2.63. The summed E-state index contributed by atoms with van der Waals surface area (Å²) in [6.07, 6.45) is 0. The van der Waals surface area contributed by atoms with Gasteiger partial charge in [0.25, 0.3) is 0 Å². The second-order valence-corrected chi connectivity index (χ2v) is 5.98. The summed E-state index contributed by atoms with van der Waals surface area (Å²) in [5.41, 5.74) is 1.37. The average Bonchev–Trinajstić information content (AvgIpc) is 2.68. The molecule has 0 fully saturated rings. The second-order valence-electron chi connectivity index (χ2n) is 5.98. The van der Waals surface area contributed by atoms with Crippen LogP contribution in [0.15, 0.2) is 42.5 Å². The van der Waals surface area contributed by atoms with Gasteiger partial charge in [0.15, 0.2) is 23.1 Å². The third-order valence-electron chi connectivity index (χ3n) is 3.95. The summed E-state index contributed by atoms with van der Waals surface area (Å²) >= 11 is 0. The van der Waals surface area contributed by atoms with Crippen molar-refractivity contribution in [2.24, 2.45) is 0 Å². The van der Waals surface area contributed by atoms with E-state index < -0.39 is 11.6 Å². The highest BCUT2D eigenvalue weighted by atomic mass is 19.2. The molecule has 1 heterocycles. The molecule has 6 nitrogen and oxygen atoms in total. The summed E-state index contributed by atoms with van der Waals surface area (Å²) in [6, 6.07) is 10.9. The first-order valence-electron chi connectivity index (χ1n) is 8.51. The largest absolute Gasteiger partial charge is 0.493 e. The van der Waals surface area contributed by atoms with Gasteiger partial charge in [0.2, 0.25) is 0 Å². The van der Waals surface area contributed by atoms with E-state index in [4.69, 9.17) is 9.47 Å². The topological polar surface area (TPSA) is 68.3 Å². The Labute approximate surface area is 161 Å². The van der Waals surface area contributed by atoms with Crippen LogP contribution in [0.5, 0.6) is 11.5 Å². The molecule has 146 valence electrons. The fourth-order valence-electron chi connectivity index (χ4n) is 2.63. The molecule has 0 aliphatic rings. The zero-order chi connectivity index (χ0) is 20.1. The molecule has 0 atom stereocenters. The van der Waals surface area contributed by atoms with E-state index in [1.807, 2.05) is 18.2 Å². The van der Waals surface area contributed by atoms with E-state index in [0.717, 1.165) is 17.7 Å². The van der Waals surface area contributed by atoms with Gasteiger partial charge in [0.1, 0.15) is 17.5 Å². The minimum Gasteiger partial charge on any atom is -0.493 e. The Morgan fingerprint density at radius 1 is 0.857 bits per heavy atom. The van der Waals surface area contributed by atoms with E-state index >= 15 is 0 Å². The first kappa shape index (κ1) is 19.3. The summed E-state index contributed by atoms with van der Waals surface area (Å²) in [4.78, 5) is 8.62. The molecule has 0 aliphatic heterocycles. The van der Waals surface area contributed by atoms with Crippen LogP contribution >= 0.6 is 0 Å². The number of nitrogens with zero attached hydrogens (tertiary/aromatic N) is 2. The average molecular weight is 386 g/mol. The lowest BCUT2D eigenvalue weighted by Gasteiger charge is -2.12. The Balaban J connectivity index is 1.73. The Bertz CT molecular complexity index is 982. The maximum absolute atomic E-state index is 13.4. The third kappa shape index (κ3) is 4.64. The van der Waals surface area contributed by atoms with Crippen molar-refractivity contribution >= 4 is 17.3 Å². The van der Waals surface area contributed by atoms with Crippen molar-refractivity contribution < 1.29 is 18.3 Å². The number of halogens is 2. The highest BCUT2D eigenvalue weighted by Crippen LogP contribution is 2.28. The van der Waals surface area contributed by atoms with Crippen LogP contribution in [0.2, 0.25) is 0 Å². The number of nitrogens with one attached hydrogen (secondary N) is 2. The van der Waals surface area contributed by atoms with E-state index in [1.165, 1.54) is 6.07 Å². The minimum absolute atomic E-state index is 0.392. The summed E-state index contributed by atoms with van der Waals surface area (Å²) < 4.78 is 37.0. The Morgan fingerprint density at radius 3 is 2.32 bits per heavy atom. The maximum Gasteiger partial charge on any atom is 0.161 e. The molecule has 0 unspecified atom stereocenters. The Hall–Kier alpha value is -3.42. The molecule has 8 heteroatoms. The van der Waals surface area contributed by atoms with Crippen LogP contribution in [0.4, 0.5) is 26.1 Å². The van der Waals surface area contributed by atoms with Crippen molar-refractivity contribution in [1.29, 1.82) is 0 Å². The third-order valence-corrected chi connectivity index (χ3v) is 3.95. The van der Waals surface area contributed by atoms with Crippen LogP contribution in [0.1, 0.15) is 11.4 Å². The number of aryl methyl sites for hydroxylation is 1. The van der Waals surface area contributed by atoms with Crippen molar-refractivity contribution in [2.75, 3.05) is 24.9 Å². The first-order chi connectivity index (χ1) is 13.5. The quantitative estimate of drug-likeness (QED) is 0.626. The SMILES string of the molecule is COc1ccc(CNc2cc(Nc3ccc(F)c(F)c3)nc(C)n2)cc1OC. The van der Waals surface area contributed by atoms with Gasteiger partial charge >= 0.3 is 0 Å². The van der Waals surface area contributed by atoms with Crippen molar-refractivity contribution in [2.45, 2.75) is 13.5 Å². The number of hydrogen-bond acceptors (Lipinski definition) is 6. The van der Waals surface area contributed by atoms with E-state index in [-0.39, 0.29) is 0 Å². The molecule has 0 radical (unpaired) electrons. The number of methoxy groups -OCH3 is 2. The summed E-state index contributed by atoms with van der Waals surface area (Å²) in [6.45, 7) is 2.25. The van der Waals surface area contributed by atoms with Crippen LogP contribution in [0, 0.1) is 18.6 Å². The lowest BCUT2D eigenvalue weighted by molar-refractivity contribution is 0.354. The highest BCUT2D eigenvalue weighted by molar-refractivity contribution is 5.59. The van der Waals surface area contributed by atoms with E-state index in [9.17, 15) is 8.78 Å². The normalized spacial score (nSPS) is 10.5. The molecule has 0 spiro atoms. The summed E-state index contributed by atoms with van der Waals surface area (Å²) in [5, 5.41) is 6.17. The van der Waals surface area contributed by atoms with Crippen molar-refractivity contribution in [3.05, 3.63) is 65.5 Å². The van der Waals surface area contributed by atoms with Gasteiger partial charge in [-0.1, -0.05) is 6.07 Å². The molecule has 0 aliphatic carbocycles. The molecule has 28 heavy (non-hydrogen) atoms. The highest BCUT2D eigenvalue weighted by Gasteiger charge is 2.08. The van der Waals surface area contributed by atoms with Crippen LogP contribution in [-0.2, 0) is 6.54 Å². The van der Waals surface area contributed by atoms with Crippen LogP contribution in [0.25, 0.3) is 0 Å². The van der Waals surface area contributed by atoms with Gasteiger partial charge < -0.3 is 20.1 Å². The number of aromatic nitrogens is 2. The number of ether oxygens (including phenoxy) is 2. The molecule has 3 rings (SSSR count). The van der Waals surface area contributed by atoms with E-state index in [2.05, 4.69) is 20.6 Å². The van der Waals surface area contributed by atoms with Gasteiger partial charge in [-0.3, -0.25) is 0 Å². The number of hydrogen-bond donors (Lipinski definition) is 2. The zero-order valence-electron chi connectivity index (χ0n) is 15.7. The predicted octanol–water partition coefficient (Wildman–Crippen LogP) is 4.44. The molecule has 2 N–H and O–H groups in total. The predicted molar refractivity (Wildman–Crippen MR) is 103 cm³/mol. The van der Waals surface area contributed by atoms with Crippen molar-refractivity contribution in [1.82, 2.24) is 9.97 Å². The molecule has 0 saturated carbocycles. The first-order valence-corrected chi connectivity index (χ1v) is 8.51. The van der Waals surface area contributed by atoms with Gasteiger partial charge in [0.05, 0.1) is 14.2 Å². The fraction of sp³-hybridized carbons (Fsp3) is 0.200. The molecule has 0 saturated heterocycles. The number of benzene rings is 2. The van der Waals surface area contributed by atoms with Gasteiger partial charge in [-0.2, -0.15) is 0 Å². The number of rotatable bonds is 7. The van der Waals surface area contributed by atoms with Crippen LogP contribution in [0.3, 0.4) is 0 Å². The zero-order valence-corrected chi connectivity index (χ0v) is 15.7.